The van der Waals surface area contributed by atoms with Crippen LogP contribution in [0, 0.1) is 17.8 Å². The summed E-state index contributed by atoms with van der Waals surface area (Å²) in [5.74, 6) is -0.311. The second-order valence-electron chi connectivity index (χ2n) is 7.10. The average Bonchev–Trinajstić information content (AvgIpc) is 3.10. The zero-order valence-corrected chi connectivity index (χ0v) is 12.6. The SMILES string of the molecule is CC(C)(C)OC(=O)N1CCC(CC2CC2)C(C(=O)O)C1. The van der Waals surface area contributed by atoms with Gasteiger partial charge < -0.3 is 14.7 Å². The van der Waals surface area contributed by atoms with Crippen molar-refractivity contribution in [3.8, 4) is 0 Å². The highest BCUT2D eigenvalue weighted by atomic mass is 16.6. The quantitative estimate of drug-likeness (QED) is 0.864. The zero-order chi connectivity index (χ0) is 14.9. The van der Waals surface area contributed by atoms with E-state index >= 15 is 0 Å². The second-order valence-corrected chi connectivity index (χ2v) is 7.10. The number of hydrogen-bond acceptors (Lipinski definition) is 3. The molecule has 5 nitrogen and oxygen atoms in total. The summed E-state index contributed by atoms with van der Waals surface area (Å²) in [5.41, 5.74) is -0.541. The second kappa shape index (κ2) is 5.62. The molecular weight excluding hydrogens is 258 g/mol. The third-order valence-corrected chi connectivity index (χ3v) is 4.06. The molecule has 1 N–H and O–H groups in total. The molecule has 0 bridgehead atoms. The van der Waals surface area contributed by atoms with Gasteiger partial charge in [0.2, 0.25) is 0 Å². The molecule has 0 aromatic carbocycles. The number of carbonyl (C=O) groups excluding carboxylic acids is 1. The van der Waals surface area contributed by atoms with Crippen LogP contribution in [-0.2, 0) is 9.53 Å². The van der Waals surface area contributed by atoms with Gasteiger partial charge in [-0.2, -0.15) is 0 Å². The highest BCUT2D eigenvalue weighted by molar-refractivity contribution is 5.73. The van der Waals surface area contributed by atoms with Crippen molar-refractivity contribution in [2.24, 2.45) is 17.8 Å². The molecule has 2 rings (SSSR count). The normalized spacial score (nSPS) is 27.2. The number of ether oxygens (including phenoxy) is 1. The first-order valence-electron chi connectivity index (χ1n) is 7.47. The molecule has 20 heavy (non-hydrogen) atoms. The lowest BCUT2D eigenvalue weighted by molar-refractivity contribution is -0.146. The number of carbonyl (C=O) groups is 2. The highest BCUT2D eigenvalue weighted by Gasteiger charge is 2.39. The molecule has 1 saturated carbocycles. The first kappa shape index (κ1) is 15.1. The van der Waals surface area contributed by atoms with Gasteiger partial charge in [0.15, 0.2) is 0 Å². The first-order chi connectivity index (χ1) is 9.26. The lowest BCUT2D eigenvalue weighted by atomic mass is 9.82. The maximum absolute atomic E-state index is 12.0. The Bertz CT molecular complexity index is 384. The predicted molar refractivity (Wildman–Crippen MR) is 74.4 cm³/mol. The largest absolute Gasteiger partial charge is 0.481 e. The molecule has 1 aliphatic carbocycles. The molecule has 0 aromatic heterocycles. The monoisotopic (exact) mass is 283 g/mol. The van der Waals surface area contributed by atoms with Crippen LogP contribution in [0.15, 0.2) is 0 Å². The Kier molecular flexibility index (Phi) is 4.25. The zero-order valence-electron chi connectivity index (χ0n) is 12.6. The van der Waals surface area contributed by atoms with Gasteiger partial charge in [0.05, 0.1) is 5.92 Å². The number of likely N-dealkylation sites (tertiary alicyclic amines) is 1. The van der Waals surface area contributed by atoms with Gasteiger partial charge in [-0.3, -0.25) is 4.79 Å². The standard InChI is InChI=1S/C15H25NO4/c1-15(2,3)20-14(19)16-7-6-11(8-10-4-5-10)12(9-16)13(17)18/h10-12H,4-9H2,1-3H3,(H,17,18). The Balaban J connectivity index is 1.94. The van der Waals surface area contributed by atoms with Crippen molar-refractivity contribution < 1.29 is 19.4 Å². The number of rotatable bonds is 3. The fraction of sp³-hybridized carbons (Fsp3) is 0.867. The molecule has 2 unspecified atom stereocenters. The summed E-state index contributed by atoms with van der Waals surface area (Å²) < 4.78 is 5.33. The number of hydrogen-bond donors (Lipinski definition) is 1. The molecule has 1 aliphatic heterocycles. The van der Waals surface area contributed by atoms with E-state index in [0.717, 1.165) is 18.8 Å². The van der Waals surface area contributed by atoms with Gasteiger partial charge in [0.25, 0.3) is 0 Å². The minimum atomic E-state index is -0.788. The van der Waals surface area contributed by atoms with Gasteiger partial charge in [0, 0.05) is 13.1 Å². The van der Waals surface area contributed by atoms with E-state index in [-0.39, 0.29) is 12.5 Å². The van der Waals surface area contributed by atoms with Crippen LogP contribution in [0.25, 0.3) is 0 Å². The Labute approximate surface area is 120 Å². The van der Waals surface area contributed by atoms with Crippen LogP contribution >= 0.6 is 0 Å². The van der Waals surface area contributed by atoms with Crippen molar-refractivity contribution in [1.29, 1.82) is 0 Å². The van der Waals surface area contributed by atoms with Gasteiger partial charge in [-0.1, -0.05) is 12.8 Å². The molecule has 2 aliphatic rings. The van der Waals surface area contributed by atoms with E-state index in [1.807, 2.05) is 20.8 Å². The van der Waals surface area contributed by atoms with Crippen LogP contribution in [0.1, 0.15) is 46.5 Å². The molecule has 0 aromatic rings. The van der Waals surface area contributed by atoms with Crippen LogP contribution in [-0.4, -0.2) is 40.8 Å². The summed E-state index contributed by atoms with van der Waals surface area (Å²) in [6.45, 7) is 6.34. The average molecular weight is 283 g/mol. The molecule has 114 valence electrons. The highest BCUT2D eigenvalue weighted by Crippen LogP contribution is 2.40. The van der Waals surface area contributed by atoms with Gasteiger partial charge in [-0.05, 0) is 45.4 Å². The molecular formula is C15H25NO4. The Morgan fingerprint density at radius 3 is 2.40 bits per heavy atom. The molecule has 0 spiro atoms. The van der Waals surface area contributed by atoms with E-state index in [0.29, 0.717) is 6.54 Å². The van der Waals surface area contributed by atoms with Crippen molar-refractivity contribution >= 4 is 12.1 Å². The van der Waals surface area contributed by atoms with Gasteiger partial charge in [0.1, 0.15) is 5.60 Å². The van der Waals surface area contributed by atoms with E-state index in [9.17, 15) is 14.7 Å². The third-order valence-electron chi connectivity index (χ3n) is 4.06. The molecule has 1 saturated heterocycles. The molecule has 5 heteroatoms. The van der Waals surface area contributed by atoms with Crippen molar-refractivity contribution in [2.45, 2.75) is 52.1 Å². The fourth-order valence-corrected chi connectivity index (χ4v) is 2.84. The van der Waals surface area contributed by atoms with E-state index in [1.54, 1.807) is 4.90 Å². The van der Waals surface area contributed by atoms with E-state index in [2.05, 4.69) is 0 Å². The van der Waals surface area contributed by atoms with Crippen molar-refractivity contribution in [1.82, 2.24) is 4.90 Å². The van der Waals surface area contributed by atoms with E-state index in [1.165, 1.54) is 12.8 Å². The van der Waals surface area contributed by atoms with Crippen LogP contribution in [0.4, 0.5) is 4.79 Å². The number of aliphatic carboxylic acids is 1. The van der Waals surface area contributed by atoms with Crippen molar-refractivity contribution in [3.63, 3.8) is 0 Å². The van der Waals surface area contributed by atoms with Crippen LogP contribution in [0.3, 0.4) is 0 Å². The number of amides is 1. The van der Waals surface area contributed by atoms with Crippen LogP contribution in [0.5, 0.6) is 0 Å². The minimum Gasteiger partial charge on any atom is -0.481 e. The molecule has 1 amide bonds. The molecule has 1 heterocycles. The maximum atomic E-state index is 12.0. The summed E-state index contributed by atoms with van der Waals surface area (Å²) in [5, 5.41) is 9.40. The van der Waals surface area contributed by atoms with Crippen molar-refractivity contribution in [2.75, 3.05) is 13.1 Å². The molecule has 2 fully saturated rings. The van der Waals surface area contributed by atoms with Crippen LogP contribution in [0.2, 0.25) is 0 Å². The smallest absolute Gasteiger partial charge is 0.410 e. The number of carboxylic acid groups (broad SMARTS) is 1. The summed E-state index contributed by atoms with van der Waals surface area (Å²) >= 11 is 0. The summed E-state index contributed by atoms with van der Waals surface area (Å²) in [6, 6.07) is 0. The lowest BCUT2D eigenvalue weighted by Gasteiger charge is -2.37. The predicted octanol–water partition coefficient (Wildman–Crippen LogP) is 2.74. The minimum absolute atomic E-state index is 0.207. The van der Waals surface area contributed by atoms with Gasteiger partial charge in [-0.15, -0.1) is 0 Å². The Hall–Kier alpha value is -1.26. The summed E-state index contributed by atoms with van der Waals surface area (Å²) in [7, 11) is 0. The summed E-state index contributed by atoms with van der Waals surface area (Å²) in [6.07, 6.45) is 3.84. The number of nitrogens with zero attached hydrogens (tertiary/aromatic N) is 1. The van der Waals surface area contributed by atoms with Crippen molar-refractivity contribution in [3.05, 3.63) is 0 Å². The van der Waals surface area contributed by atoms with Gasteiger partial charge in [-0.25, -0.2) is 4.79 Å². The number of carboxylic acids is 1. The lowest BCUT2D eigenvalue weighted by Crippen LogP contribution is -2.48. The maximum Gasteiger partial charge on any atom is 0.410 e. The van der Waals surface area contributed by atoms with E-state index in [4.69, 9.17) is 4.74 Å². The Morgan fingerprint density at radius 2 is 1.90 bits per heavy atom. The molecule has 2 atom stereocenters. The third kappa shape index (κ3) is 4.12. The van der Waals surface area contributed by atoms with E-state index < -0.39 is 23.6 Å². The van der Waals surface area contributed by atoms with Crippen LogP contribution < -0.4 is 0 Å². The number of piperidine rings is 1. The first-order valence-corrected chi connectivity index (χ1v) is 7.47. The van der Waals surface area contributed by atoms with Gasteiger partial charge >= 0.3 is 12.1 Å². The fourth-order valence-electron chi connectivity index (χ4n) is 2.84. The topological polar surface area (TPSA) is 66.8 Å². The Morgan fingerprint density at radius 1 is 1.25 bits per heavy atom. The summed E-state index contributed by atoms with van der Waals surface area (Å²) in [4.78, 5) is 25.0. The molecule has 0 radical (unpaired) electrons.